The third kappa shape index (κ3) is 5.88. The van der Waals surface area contributed by atoms with Crippen LogP contribution in [-0.2, 0) is 9.59 Å². The Hall–Kier alpha value is -2.99. The van der Waals surface area contributed by atoms with Crippen LogP contribution in [0.3, 0.4) is 0 Å². The summed E-state index contributed by atoms with van der Waals surface area (Å²) in [6.07, 6.45) is 6.74. The second-order valence-corrected chi connectivity index (χ2v) is 9.21. The Labute approximate surface area is 195 Å². The van der Waals surface area contributed by atoms with E-state index >= 15 is 0 Å². The van der Waals surface area contributed by atoms with Gasteiger partial charge in [0.25, 0.3) is 0 Å². The van der Waals surface area contributed by atoms with Crippen molar-refractivity contribution in [2.75, 3.05) is 20.1 Å². The third-order valence-electron chi connectivity index (χ3n) is 6.58. The standard InChI is InChI=1S/C27H34N4O2/c1-3-23(32)11-5-4-6-12-24(30-27(33)22-17-31(2)18-22)26-28-16-25(29-26)21-14-13-19-9-7-8-10-20(19)15-21/h7-10,13-16,22,24H,3-6,11-12,17-18H2,1-2H3,(H,28,29)(H,30,33)/t24-/m0/s1. The number of aromatic amines is 1. The van der Waals surface area contributed by atoms with Crippen molar-refractivity contribution in [1.29, 1.82) is 0 Å². The van der Waals surface area contributed by atoms with Gasteiger partial charge in [-0.2, -0.15) is 0 Å². The number of benzene rings is 2. The van der Waals surface area contributed by atoms with E-state index in [2.05, 4.69) is 50.5 Å². The number of hydrogen-bond acceptors (Lipinski definition) is 4. The average Bonchev–Trinajstić information content (AvgIpc) is 3.30. The Morgan fingerprint density at radius 2 is 1.91 bits per heavy atom. The molecule has 1 aliphatic heterocycles. The molecule has 6 nitrogen and oxygen atoms in total. The number of imidazole rings is 1. The molecule has 1 fully saturated rings. The van der Waals surface area contributed by atoms with Gasteiger partial charge in [-0.05, 0) is 36.7 Å². The zero-order valence-corrected chi connectivity index (χ0v) is 19.6. The van der Waals surface area contributed by atoms with Gasteiger partial charge in [-0.15, -0.1) is 0 Å². The first-order valence-corrected chi connectivity index (χ1v) is 12.1. The van der Waals surface area contributed by atoms with Gasteiger partial charge in [-0.1, -0.05) is 56.2 Å². The SMILES string of the molecule is CCC(=O)CCCCC[C@H](NC(=O)C1CN(C)C1)c1ncc(-c2ccc3ccccc3c2)[nH]1. The van der Waals surface area contributed by atoms with Crippen LogP contribution in [0.5, 0.6) is 0 Å². The highest BCUT2D eigenvalue weighted by atomic mass is 16.2. The van der Waals surface area contributed by atoms with Gasteiger partial charge in [0.1, 0.15) is 11.6 Å². The second-order valence-electron chi connectivity index (χ2n) is 9.21. The maximum Gasteiger partial charge on any atom is 0.226 e. The van der Waals surface area contributed by atoms with E-state index < -0.39 is 0 Å². The van der Waals surface area contributed by atoms with Crippen molar-refractivity contribution >= 4 is 22.5 Å². The van der Waals surface area contributed by atoms with Crippen molar-refractivity contribution in [3.63, 3.8) is 0 Å². The number of H-pyrrole nitrogens is 1. The van der Waals surface area contributed by atoms with Crippen LogP contribution in [0.4, 0.5) is 0 Å². The maximum atomic E-state index is 12.8. The van der Waals surface area contributed by atoms with Crippen LogP contribution < -0.4 is 5.32 Å². The predicted octanol–water partition coefficient (Wildman–Crippen LogP) is 4.88. The number of unbranched alkanes of at least 4 members (excludes halogenated alkanes) is 2. The van der Waals surface area contributed by atoms with Crippen LogP contribution in [0, 0.1) is 5.92 Å². The van der Waals surface area contributed by atoms with E-state index in [0.29, 0.717) is 18.6 Å². The van der Waals surface area contributed by atoms with Gasteiger partial charge < -0.3 is 15.2 Å². The zero-order chi connectivity index (χ0) is 23.2. The number of Topliss-reactive ketones (excluding diaryl/α,β-unsaturated/α-hetero) is 1. The number of nitrogens with one attached hydrogen (secondary N) is 2. The largest absolute Gasteiger partial charge is 0.346 e. The van der Waals surface area contributed by atoms with Crippen molar-refractivity contribution in [2.24, 2.45) is 5.92 Å². The number of carbonyl (C=O) groups excluding carboxylic acids is 2. The molecule has 4 rings (SSSR count). The van der Waals surface area contributed by atoms with Gasteiger partial charge in [0.05, 0.1) is 23.9 Å². The van der Waals surface area contributed by atoms with Gasteiger partial charge >= 0.3 is 0 Å². The molecule has 1 aromatic heterocycles. The lowest BCUT2D eigenvalue weighted by Gasteiger charge is -2.35. The summed E-state index contributed by atoms with van der Waals surface area (Å²) >= 11 is 0. The van der Waals surface area contributed by atoms with Crippen molar-refractivity contribution < 1.29 is 9.59 Å². The monoisotopic (exact) mass is 446 g/mol. The first-order valence-electron chi connectivity index (χ1n) is 12.1. The lowest BCUT2D eigenvalue weighted by Crippen LogP contribution is -2.52. The van der Waals surface area contributed by atoms with Crippen molar-refractivity contribution in [1.82, 2.24) is 20.2 Å². The number of rotatable bonds is 11. The summed E-state index contributed by atoms with van der Waals surface area (Å²) in [5.41, 5.74) is 2.03. The molecular weight excluding hydrogens is 412 g/mol. The first kappa shape index (κ1) is 23.2. The summed E-state index contributed by atoms with van der Waals surface area (Å²) in [6.45, 7) is 3.52. The molecule has 2 heterocycles. The van der Waals surface area contributed by atoms with E-state index in [1.54, 1.807) is 0 Å². The van der Waals surface area contributed by atoms with Gasteiger partial charge in [0, 0.05) is 31.5 Å². The van der Waals surface area contributed by atoms with E-state index in [1.165, 1.54) is 10.8 Å². The predicted molar refractivity (Wildman–Crippen MR) is 132 cm³/mol. The highest BCUT2D eigenvalue weighted by molar-refractivity contribution is 5.86. The Kier molecular flexibility index (Phi) is 7.55. The smallest absolute Gasteiger partial charge is 0.226 e. The molecule has 0 radical (unpaired) electrons. The van der Waals surface area contributed by atoms with Crippen LogP contribution >= 0.6 is 0 Å². The number of aromatic nitrogens is 2. The Morgan fingerprint density at radius 1 is 1.12 bits per heavy atom. The summed E-state index contributed by atoms with van der Waals surface area (Å²) in [7, 11) is 2.03. The number of amides is 1. The minimum absolute atomic E-state index is 0.0506. The number of hydrogen-bond donors (Lipinski definition) is 2. The van der Waals surface area contributed by atoms with E-state index in [4.69, 9.17) is 0 Å². The fourth-order valence-corrected chi connectivity index (χ4v) is 4.47. The topological polar surface area (TPSA) is 78.1 Å². The molecule has 174 valence electrons. The summed E-state index contributed by atoms with van der Waals surface area (Å²) in [5.74, 6) is 1.27. The summed E-state index contributed by atoms with van der Waals surface area (Å²) in [4.78, 5) is 34.6. The Balaban J connectivity index is 1.45. The lowest BCUT2D eigenvalue weighted by atomic mass is 9.98. The molecule has 2 N–H and O–H groups in total. The lowest BCUT2D eigenvalue weighted by molar-refractivity contribution is -0.130. The maximum absolute atomic E-state index is 12.8. The molecule has 6 heteroatoms. The molecule has 1 atom stereocenters. The van der Waals surface area contributed by atoms with Crippen molar-refractivity contribution in [3.05, 3.63) is 54.5 Å². The van der Waals surface area contributed by atoms with Crippen LogP contribution in [0.1, 0.15) is 57.3 Å². The molecule has 0 bridgehead atoms. The molecule has 1 aliphatic rings. The number of likely N-dealkylation sites (tertiary alicyclic amines) is 1. The minimum atomic E-state index is -0.153. The molecule has 33 heavy (non-hydrogen) atoms. The summed E-state index contributed by atoms with van der Waals surface area (Å²) in [5, 5.41) is 5.63. The summed E-state index contributed by atoms with van der Waals surface area (Å²) < 4.78 is 0. The Morgan fingerprint density at radius 3 is 2.67 bits per heavy atom. The van der Waals surface area contributed by atoms with Gasteiger partial charge in [-0.25, -0.2) is 4.98 Å². The highest BCUT2D eigenvalue weighted by Gasteiger charge is 2.31. The number of nitrogens with zero attached hydrogens (tertiary/aromatic N) is 2. The van der Waals surface area contributed by atoms with Gasteiger partial charge in [0.15, 0.2) is 0 Å². The Bertz CT molecular complexity index is 1100. The molecular formula is C27H34N4O2. The quantitative estimate of drug-likeness (QED) is 0.412. The molecule has 0 saturated carbocycles. The molecule has 1 amide bonds. The fraction of sp³-hybridized carbons (Fsp3) is 0.444. The zero-order valence-electron chi connectivity index (χ0n) is 19.6. The molecule has 0 aliphatic carbocycles. The van der Waals surface area contributed by atoms with Crippen LogP contribution in [0.15, 0.2) is 48.7 Å². The van der Waals surface area contributed by atoms with Crippen LogP contribution in [0.2, 0.25) is 0 Å². The average molecular weight is 447 g/mol. The molecule has 0 spiro atoms. The van der Waals surface area contributed by atoms with E-state index in [9.17, 15) is 9.59 Å². The van der Waals surface area contributed by atoms with Crippen molar-refractivity contribution in [2.45, 2.75) is 51.5 Å². The first-order chi connectivity index (χ1) is 16.0. The van der Waals surface area contributed by atoms with Gasteiger partial charge in [0.2, 0.25) is 5.91 Å². The minimum Gasteiger partial charge on any atom is -0.346 e. The third-order valence-corrected chi connectivity index (χ3v) is 6.58. The van der Waals surface area contributed by atoms with Crippen LogP contribution in [-0.4, -0.2) is 46.7 Å². The summed E-state index contributed by atoms with van der Waals surface area (Å²) in [6, 6.07) is 14.5. The number of carbonyl (C=O) groups is 2. The van der Waals surface area contributed by atoms with Crippen molar-refractivity contribution in [3.8, 4) is 11.3 Å². The van der Waals surface area contributed by atoms with Gasteiger partial charge in [-0.3, -0.25) is 9.59 Å². The van der Waals surface area contributed by atoms with E-state index in [0.717, 1.165) is 55.9 Å². The molecule has 1 saturated heterocycles. The fourth-order valence-electron chi connectivity index (χ4n) is 4.47. The highest BCUT2D eigenvalue weighted by Crippen LogP contribution is 2.26. The molecule has 3 aromatic rings. The molecule has 0 unspecified atom stereocenters. The van der Waals surface area contributed by atoms with E-state index in [-0.39, 0.29) is 17.9 Å². The molecule has 2 aromatic carbocycles. The van der Waals surface area contributed by atoms with Crippen LogP contribution in [0.25, 0.3) is 22.0 Å². The second kappa shape index (κ2) is 10.8. The normalized spacial score (nSPS) is 15.3. The number of ketones is 1. The van der Waals surface area contributed by atoms with E-state index in [1.807, 2.05) is 32.3 Å². The number of fused-ring (bicyclic) bond motifs is 1.